The van der Waals surface area contributed by atoms with Crippen molar-refractivity contribution in [3.05, 3.63) is 114 Å². The Labute approximate surface area is 201 Å². The molecule has 0 unspecified atom stereocenters. The van der Waals surface area contributed by atoms with E-state index in [1.54, 1.807) is 0 Å². The van der Waals surface area contributed by atoms with Crippen LogP contribution in [0.15, 0.2) is 118 Å². The van der Waals surface area contributed by atoms with Gasteiger partial charge in [-0.2, -0.15) is 20.5 Å². The molecule has 5 nitrogen and oxygen atoms in total. The molecule has 0 amide bonds. The minimum Gasteiger partial charge on any atom is -0.378 e. The summed E-state index contributed by atoms with van der Waals surface area (Å²) in [6, 6.07) is 32.6. The van der Waals surface area contributed by atoms with Crippen molar-refractivity contribution in [3.8, 4) is 0 Å². The van der Waals surface area contributed by atoms with Gasteiger partial charge in [-0.05, 0) is 90.2 Å². The lowest BCUT2D eigenvalue weighted by molar-refractivity contribution is 1.13. The van der Waals surface area contributed by atoms with Gasteiger partial charge in [0.1, 0.15) is 0 Å². The van der Waals surface area contributed by atoms with Gasteiger partial charge in [-0.15, -0.1) is 0 Å². The largest absolute Gasteiger partial charge is 0.378 e. The van der Waals surface area contributed by atoms with Crippen LogP contribution in [0.5, 0.6) is 0 Å². The molecule has 0 saturated heterocycles. The van der Waals surface area contributed by atoms with Crippen LogP contribution in [0.25, 0.3) is 0 Å². The van der Waals surface area contributed by atoms with E-state index in [1.165, 1.54) is 16.7 Å². The van der Waals surface area contributed by atoms with Crippen molar-refractivity contribution in [2.75, 3.05) is 19.0 Å². The van der Waals surface area contributed by atoms with E-state index in [-0.39, 0.29) is 0 Å². The first-order chi connectivity index (χ1) is 16.6. The minimum absolute atomic E-state index is 0.836. The molecule has 0 heterocycles. The van der Waals surface area contributed by atoms with Gasteiger partial charge in [-0.1, -0.05) is 43.3 Å². The smallest absolute Gasteiger partial charge is 0.0858 e. The van der Waals surface area contributed by atoms with E-state index in [0.717, 1.165) is 41.3 Å². The normalized spacial score (nSPS) is 11.4. The van der Waals surface area contributed by atoms with Crippen LogP contribution >= 0.6 is 0 Å². The fraction of sp³-hybridized carbons (Fsp3) is 0.172. The Balaban J connectivity index is 1.33. The highest BCUT2D eigenvalue weighted by Gasteiger charge is 2.00. The quantitative estimate of drug-likeness (QED) is 0.249. The second kappa shape index (κ2) is 11.1. The number of hydrogen-bond donors (Lipinski definition) is 0. The topological polar surface area (TPSA) is 52.7 Å². The predicted molar refractivity (Wildman–Crippen MR) is 141 cm³/mol. The maximum atomic E-state index is 4.35. The van der Waals surface area contributed by atoms with Crippen LogP contribution in [-0.2, 0) is 12.8 Å². The number of benzene rings is 4. The Morgan fingerprint density at radius 2 is 0.794 bits per heavy atom. The van der Waals surface area contributed by atoms with Crippen LogP contribution in [0.3, 0.4) is 0 Å². The number of hydrogen-bond acceptors (Lipinski definition) is 5. The van der Waals surface area contributed by atoms with Gasteiger partial charge in [-0.25, -0.2) is 0 Å². The van der Waals surface area contributed by atoms with Crippen molar-refractivity contribution in [1.29, 1.82) is 0 Å². The fourth-order valence-corrected chi connectivity index (χ4v) is 3.44. The van der Waals surface area contributed by atoms with Gasteiger partial charge >= 0.3 is 0 Å². The second-order valence-electron chi connectivity index (χ2n) is 8.34. The van der Waals surface area contributed by atoms with Crippen molar-refractivity contribution in [1.82, 2.24) is 0 Å². The SMILES string of the molecule is CCc1ccc(/N=N/c2ccc(Cc3ccc(/N=N/c4ccc(N(C)C)cc4)cc3)cc2)cc1. The minimum atomic E-state index is 0.836. The molecule has 170 valence electrons. The molecular formula is C29H29N5. The van der Waals surface area contributed by atoms with E-state index in [0.29, 0.717) is 0 Å². The van der Waals surface area contributed by atoms with Gasteiger partial charge in [-0.3, -0.25) is 0 Å². The van der Waals surface area contributed by atoms with E-state index < -0.39 is 0 Å². The Kier molecular flexibility index (Phi) is 7.56. The van der Waals surface area contributed by atoms with Crippen LogP contribution in [-0.4, -0.2) is 14.1 Å². The molecule has 0 fully saturated rings. The van der Waals surface area contributed by atoms with Crippen LogP contribution in [0.4, 0.5) is 28.4 Å². The first kappa shape index (κ1) is 23.1. The highest BCUT2D eigenvalue weighted by atomic mass is 15.1. The predicted octanol–water partition coefficient (Wildman–Crippen LogP) is 8.74. The zero-order valence-corrected chi connectivity index (χ0v) is 19.9. The molecule has 0 aliphatic rings. The average Bonchev–Trinajstić information content (AvgIpc) is 2.88. The molecule has 4 aromatic carbocycles. The van der Waals surface area contributed by atoms with Gasteiger partial charge in [0.15, 0.2) is 0 Å². The summed E-state index contributed by atoms with van der Waals surface area (Å²) in [5.74, 6) is 0. The lowest BCUT2D eigenvalue weighted by Crippen LogP contribution is -2.07. The van der Waals surface area contributed by atoms with E-state index in [2.05, 4.69) is 68.7 Å². The molecule has 0 saturated carbocycles. The molecule has 0 aliphatic heterocycles. The summed E-state index contributed by atoms with van der Waals surface area (Å²) in [6.07, 6.45) is 1.87. The average molecular weight is 448 g/mol. The number of rotatable bonds is 8. The van der Waals surface area contributed by atoms with Gasteiger partial charge in [0.05, 0.1) is 22.7 Å². The summed E-state index contributed by atoms with van der Waals surface area (Å²) in [4.78, 5) is 2.06. The maximum absolute atomic E-state index is 4.35. The standard InChI is InChI=1S/C29H29N5/c1-4-22-5-11-25(12-6-22)30-31-26-13-7-23(8-14-26)21-24-9-15-27(16-10-24)32-33-28-17-19-29(20-18-28)34(2)3/h5-20H,4,21H2,1-3H3/b31-30+,33-32+. The zero-order chi connectivity index (χ0) is 23.8. The van der Waals surface area contributed by atoms with Gasteiger partial charge in [0, 0.05) is 19.8 Å². The highest BCUT2D eigenvalue weighted by molar-refractivity contribution is 5.52. The van der Waals surface area contributed by atoms with E-state index in [1.807, 2.05) is 74.8 Å². The van der Waals surface area contributed by atoms with E-state index in [4.69, 9.17) is 0 Å². The molecule has 5 heteroatoms. The molecule has 0 spiro atoms. The third kappa shape index (κ3) is 6.45. The Morgan fingerprint density at radius 3 is 1.12 bits per heavy atom. The lowest BCUT2D eigenvalue weighted by atomic mass is 10.0. The highest BCUT2D eigenvalue weighted by Crippen LogP contribution is 2.23. The molecule has 0 atom stereocenters. The first-order valence-corrected chi connectivity index (χ1v) is 11.5. The van der Waals surface area contributed by atoms with E-state index in [9.17, 15) is 0 Å². The van der Waals surface area contributed by atoms with Gasteiger partial charge < -0.3 is 4.90 Å². The third-order valence-corrected chi connectivity index (χ3v) is 5.55. The summed E-state index contributed by atoms with van der Waals surface area (Å²) < 4.78 is 0. The fourth-order valence-electron chi connectivity index (χ4n) is 3.44. The molecule has 0 aromatic heterocycles. The monoisotopic (exact) mass is 447 g/mol. The number of nitrogens with zero attached hydrogens (tertiary/aromatic N) is 5. The van der Waals surface area contributed by atoms with Gasteiger partial charge in [0.25, 0.3) is 0 Å². The number of anilines is 1. The molecule has 0 bridgehead atoms. The van der Waals surface area contributed by atoms with Crippen molar-refractivity contribution in [3.63, 3.8) is 0 Å². The summed E-state index contributed by atoms with van der Waals surface area (Å²) in [5, 5.41) is 17.4. The van der Waals surface area contributed by atoms with Crippen molar-refractivity contribution < 1.29 is 0 Å². The van der Waals surface area contributed by atoms with Crippen LogP contribution in [0, 0.1) is 0 Å². The van der Waals surface area contributed by atoms with Crippen molar-refractivity contribution in [2.24, 2.45) is 20.5 Å². The van der Waals surface area contributed by atoms with Crippen molar-refractivity contribution in [2.45, 2.75) is 19.8 Å². The maximum Gasteiger partial charge on any atom is 0.0858 e. The molecule has 0 aliphatic carbocycles. The lowest BCUT2D eigenvalue weighted by Gasteiger charge is -2.11. The molecular weight excluding hydrogens is 418 g/mol. The molecule has 34 heavy (non-hydrogen) atoms. The summed E-state index contributed by atoms with van der Waals surface area (Å²) in [7, 11) is 4.04. The molecule has 4 aromatic rings. The van der Waals surface area contributed by atoms with Gasteiger partial charge in [0.2, 0.25) is 0 Å². The van der Waals surface area contributed by atoms with Crippen LogP contribution < -0.4 is 4.90 Å². The van der Waals surface area contributed by atoms with Crippen LogP contribution in [0.1, 0.15) is 23.6 Å². The van der Waals surface area contributed by atoms with E-state index >= 15 is 0 Å². The Hall–Kier alpha value is -4.12. The molecule has 4 rings (SSSR count). The number of aryl methyl sites for hydroxylation is 1. The van der Waals surface area contributed by atoms with Crippen LogP contribution in [0.2, 0.25) is 0 Å². The van der Waals surface area contributed by atoms with Crippen molar-refractivity contribution >= 4 is 28.4 Å². The summed E-state index contributed by atoms with van der Waals surface area (Å²) >= 11 is 0. The Bertz CT molecular complexity index is 1240. The first-order valence-electron chi connectivity index (χ1n) is 11.5. The molecule has 0 radical (unpaired) electrons. The number of azo groups is 2. The third-order valence-electron chi connectivity index (χ3n) is 5.55. The zero-order valence-electron chi connectivity index (χ0n) is 19.9. The summed E-state index contributed by atoms with van der Waals surface area (Å²) in [6.45, 7) is 2.14. The Morgan fingerprint density at radius 1 is 0.471 bits per heavy atom. The second-order valence-corrected chi connectivity index (χ2v) is 8.34. The summed E-state index contributed by atoms with van der Waals surface area (Å²) in [5.41, 5.74) is 8.27. The molecule has 0 N–H and O–H groups in total.